The van der Waals surface area contributed by atoms with E-state index in [0.29, 0.717) is 29.3 Å². The Morgan fingerprint density at radius 1 is 0.521 bits per heavy atom. The number of hydrogen-bond acceptors (Lipinski definition) is 4. The summed E-state index contributed by atoms with van der Waals surface area (Å²) in [6, 6.07) is 46.7. The molecule has 0 aliphatic heterocycles. The first-order valence-electron chi connectivity index (χ1n) is 16.3. The van der Waals surface area contributed by atoms with E-state index in [1.807, 2.05) is 72.0 Å². The maximum absolute atomic E-state index is 4.97. The molecule has 3 aromatic heterocycles. The molecule has 0 radical (unpaired) electrons. The highest BCUT2D eigenvalue weighted by Crippen LogP contribution is 2.56. The summed E-state index contributed by atoms with van der Waals surface area (Å²) in [6.45, 7) is 0. The first-order chi connectivity index (χ1) is 23.8. The number of fused-ring (bicyclic) bond motifs is 10. The highest BCUT2D eigenvalue weighted by atomic mass is 32.1. The summed E-state index contributed by atoms with van der Waals surface area (Å²) in [6.07, 6.45) is 9.17. The van der Waals surface area contributed by atoms with Gasteiger partial charge in [-0.15, -0.1) is 11.3 Å². The Labute approximate surface area is 282 Å². The lowest BCUT2D eigenvalue weighted by Gasteiger charge is -2.31. The van der Waals surface area contributed by atoms with Crippen molar-refractivity contribution in [1.82, 2.24) is 19.5 Å². The molecule has 2 aliphatic rings. The van der Waals surface area contributed by atoms with Gasteiger partial charge in [0.15, 0.2) is 17.5 Å². The largest absolute Gasteiger partial charge is 0.308 e. The number of para-hydroxylation sites is 1. The maximum atomic E-state index is 4.97. The molecule has 5 heteroatoms. The van der Waals surface area contributed by atoms with Gasteiger partial charge in [0.2, 0.25) is 0 Å². The number of nitrogens with zero attached hydrogens (tertiary/aromatic N) is 4. The fourth-order valence-corrected chi connectivity index (χ4v) is 8.91. The third-order valence-electron chi connectivity index (χ3n) is 9.63. The van der Waals surface area contributed by atoms with Crippen LogP contribution in [0.1, 0.15) is 22.3 Å². The average molecular weight is 633 g/mol. The van der Waals surface area contributed by atoms with E-state index in [2.05, 4.69) is 102 Å². The lowest BCUT2D eigenvalue weighted by Crippen LogP contribution is -2.15. The van der Waals surface area contributed by atoms with Crippen LogP contribution in [-0.2, 0) is 0 Å². The quantitative estimate of drug-likeness (QED) is 0.194. The molecule has 0 spiro atoms. The molecule has 3 heterocycles. The highest BCUT2D eigenvalue weighted by molar-refractivity contribution is 7.21. The van der Waals surface area contributed by atoms with E-state index in [-0.39, 0.29) is 0 Å². The van der Waals surface area contributed by atoms with Crippen LogP contribution in [0.25, 0.3) is 72.1 Å². The van der Waals surface area contributed by atoms with E-state index in [1.165, 1.54) is 42.7 Å². The van der Waals surface area contributed by atoms with Crippen molar-refractivity contribution >= 4 is 32.5 Å². The normalized spacial score (nSPS) is 16.2. The summed E-state index contributed by atoms with van der Waals surface area (Å²) in [5.74, 6) is 2.68. The Hall–Kier alpha value is -5.91. The second-order valence-electron chi connectivity index (χ2n) is 12.4. The highest BCUT2D eigenvalue weighted by Gasteiger charge is 2.36. The van der Waals surface area contributed by atoms with Gasteiger partial charge in [-0.1, -0.05) is 127 Å². The second-order valence-corrected chi connectivity index (χ2v) is 13.4. The average Bonchev–Trinajstić information content (AvgIpc) is 3.71. The molecule has 10 rings (SSSR count). The van der Waals surface area contributed by atoms with Gasteiger partial charge in [-0.2, -0.15) is 0 Å². The molecule has 226 valence electrons. The predicted molar refractivity (Wildman–Crippen MR) is 198 cm³/mol. The molecule has 0 amide bonds. The first-order valence-corrected chi connectivity index (χ1v) is 17.1. The maximum Gasteiger partial charge on any atom is 0.164 e. The lowest BCUT2D eigenvalue weighted by molar-refractivity contribution is 0.733. The van der Waals surface area contributed by atoms with Crippen LogP contribution in [-0.4, -0.2) is 19.5 Å². The molecule has 5 aromatic carbocycles. The third-order valence-corrected chi connectivity index (χ3v) is 10.9. The van der Waals surface area contributed by atoms with Crippen LogP contribution < -0.4 is 0 Å². The van der Waals surface area contributed by atoms with Gasteiger partial charge in [-0.05, 0) is 41.5 Å². The van der Waals surface area contributed by atoms with Crippen molar-refractivity contribution in [1.29, 1.82) is 0 Å². The number of thiophene rings is 1. The SMILES string of the molecule is C1=CC2c3ccccc3-c3c(sc4c5ccccc5n(-c5ccc(-c6nc(-c7ccccc7)nc(-c7ccccc7)n6)cc5)c34)C2C=C1. The number of rotatable bonds is 4. The van der Waals surface area contributed by atoms with Gasteiger partial charge < -0.3 is 4.57 Å². The molecule has 0 fully saturated rings. The molecule has 4 nitrogen and oxygen atoms in total. The van der Waals surface area contributed by atoms with Crippen molar-refractivity contribution in [2.24, 2.45) is 0 Å². The Kier molecular flexibility index (Phi) is 6.14. The third kappa shape index (κ3) is 4.18. The van der Waals surface area contributed by atoms with Crippen LogP contribution in [0.2, 0.25) is 0 Å². The molecule has 0 saturated heterocycles. The van der Waals surface area contributed by atoms with Crippen molar-refractivity contribution in [2.45, 2.75) is 11.8 Å². The van der Waals surface area contributed by atoms with Crippen LogP contribution in [0.15, 0.2) is 158 Å². The smallest absolute Gasteiger partial charge is 0.164 e. The van der Waals surface area contributed by atoms with Crippen molar-refractivity contribution in [3.05, 3.63) is 168 Å². The standard InChI is InChI=1S/C43H28N4S/c1-3-13-27(14-4-1)41-44-42(28-15-5-2-6-16-28)46-43(45-41)29-23-25-30(26-24-29)47-36-22-12-11-21-35(36)40-38(47)37-33-19-9-7-17-31(33)32-18-8-10-20-34(32)39(37)48-40/h1-26,32,34H. The van der Waals surface area contributed by atoms with E-state index in [9.17, 15) is 0 Å². The fraction of sp³-hybridized carbons (Fsp3) is 0.0465. The van der Waals surface area contributed by atoms with Gasteiger partial charge in [0.05, 0.1) is 15.7 Å². The molecular weight excluding hydrogens is 605 g/mol. The van der Waals surface area contributed by atoms with E-state index >= 15 is 0 Å². The molecule has 2 atom stereocenters. The van der Waals surface area contributed by atoms with E-state index < -0.39 is 0 Å². The Morgan fingerprint density at radius 2 is 1.08 bits per heavy atom. The van der Waals surface area contributed by atoms with Crippen LogP contribution in [0.5, 0.6) is 0 Å². The van der Waals surface area contributed by atoms with Crippen molar-refractivity contribution in [3.63, 3.8) is 0 Å². The summed E-state index contributed by atoms with van der Waals surface area (Å²) >= 11 is 1.96. The molecule has 2 aliphatic carbocycles. The zero-order valence-electron chi connectivity index (χ0n) is 25.9. The number of allylic oxidation sites excluding steroid dienone is 4. The predicted octanol–water partition coefficient (Wildman–Crippen LogP) is 11.0. The van der Waals surface area contributed by atoms with Crippen LogP contribution >= 0.6 is 11.3 Å². The second kappa shape index (κ2) is 10.8. The van der Waals surface area contributed by atoms with Gasteiger partial charge in [0, 0.05) is 50.0 Å². The van der Waals surface area contributed by atoms with Crippen LogP contribution in [0, 0.1) is 0 Å². The van der Waals surface area contributed by atoms with Gasteiger partial charge in [-0.3, -0.25) is 0 Å². The van der Waals surface area contributed by atoms with Crippen LogP contribution in [0.4, 0.5) is 0 Å². The Balaban J connectivity index is 1.16. The van der Waals surface area contributed by atoms with E-state index in [1.54, 1.807) is 0 Å². The van der Waals surface area contributed by atoms with Gasteiger partial charge >= 0.3 is 0 Å². The molecule has 0 saturated carbocycles. The summed E-state index contributed by atoms with van der Waals surface area (Å²) in [7, 11) is 0. The number of benzene rings is 5. The van der Waals surface area contributed by atoms with Crippen LogP contribution in [0.3, 0.4) is 0 Å². The Morgan fingerprint density at radius 3 is 1.77 bits per heavy atom. The van der Waals surface area contributed by atoms with E-state index in [4.69, 9.17) is 15.0 Å². The minimum atomic E-state index is 0.341. The minimum Gasteiger partial charge on any atom is -0.308 e. The minimum absolute atomic E-state index is 0.341. The molecule has 0 bridgehead atoms. The molecule has 8 aromatic rings. The fourth-order valence-electron chi connectivity index (χ4n) is 7.45. The monoisotopic (exact) mass is 632 g/mol. The topological polar surface area (TPSA) is 43.6 Å². The number of hydrogen-bond donors (Lipinski definition) is 0. The molecular formula is C43H28N4S. The van der Waals surface area contributed by atoms with Crippen molar-refractivity contribution in [2.75, 3.05) is 0 Å². The van der Waals surface area contributed by atoms with Crippen molar-refractivity contribution < 1.29 is 0 Å². The first kappa shape index (κ1) is 27.2. The summed E-state index contributed by atoms with van der Waals surface area (Å²) < 4.78 is 3.80. The van der Waals surface area contributed by atoms with Gasteiger partial charge in [-0.25, -0.2) is 15.0 Å². The van der Waals surface area contributed by atoms with Crippen molar-refractivity contribution in [3.8, 4) is 51.0 Å². The summed E-state index contributed by atoms with van der Waals surface area (Å²) in [5, 5.41) is 1.29. The molecule has 48 heavy (non-hydrogen) atoms. The number of aromatic nitrogens is 4. The summed E-state index contributed by atoms with van der Waals surface area (Å²) in [4.78, 5) is 16.3. The van der Waals surface area contributed by atoms with Gasteiger partial charge in [0.1, 0.15) is 0 Å². The summed E-state index contributed by atoms with van der Waals surface area (Å²) in [5.41, 5.74) is 10.6. The Bertz CT molecular complexity index is 2500. The zero-order valence-corrected chi connectivity index (χ0v) is 26.7. The van der Waals surface area contributed by atoms with E-state index in [0.717, 1.165) is 22.4 Å². The lowest BCUT2D eigenvalue weighted by atomic mass is 9.73. The molecule has 2 unspecified atom stereocenters. The zero-order chi connectivity index (χ0) is 31.6. The van der Waals surface area contributed by atoms with Gasteiger partial charge in [0.25, 0.3) is 0 Å². The molecule has 0 N–H and O–H groups in total.